The maximum Gasteiger partial charge on any atom is 0.258 e. The molecule has 2 aliphatic heterocycles. The summed E-state index contributed by atoms with van der Waals surface area (Å²) in [6, 6.07) is 15.3. The van der Waals surface area contributed by atoms with Gasteiger partial charge in [0.25, 0.3) is 5.91 Å². The zero-order valence-electron chi connectivity index (χ0n) is 20.9. The molecule has 6 nitrogen and oxygen atoms in total. The molecular weight excluding hydrogens is 494 g/mol. The maximum atomic E-state index is 12.8. The van der Waals surface area contributed by atoms with Crippen LogP contribution in [-0.2, 0) is 27.3 Å². The third kappa shape index (κ3) is 6.15. The highest BCUT2D eigenvalue weighted by atomic mass is 35.5. The average Bonchev–Trinajstić information content (AvgIpc) is 3.58. The largest absolute Gasteiger partial charge is 0.376 e. The van der Waals surface area contributed by atoms with Gasteiger partial charge in [-0.05, 0) is 61.6 Å². The van der Waals surface area contributed by atoms with Crippen LogP contribution in [-0.4, -0.2) is 59.0 Å². The fourth-order valence-corrected chi connectivity index (χ4v) is 5.49. The van der Waals surface area contributed by atoms with Crippen molar-refractivity contribution < 1.29 is 14.6 Å². The van der Waals surface area contributed by atoms with Crippen molar-refractivity contribution in [1.82, 2.24) is 14.8 Å². The molecule has 1 atom stereocenters. The van der Waals surface area contributed by atoms with Crippen molar-refractivity contribution in [1.29, 1.82) is 0 Å². The molecule has 1 unspecified atom stereocenters. The number of aliphatic hydroxyl groups is 1. The van der Waals surface area contributed by atoms with E-state index in [0.29, 0.717) is 17.1 Å². The second kappa shape index (κ2) is 11.8. The highest BCUT2D eigenvalue weighted by Gasteiger charge is 2.42. The molecule has 1 aromatic heterocycles. The minimum absolute atomic E-state index is 0.114. The molecule has 0 bridgehead atoms. The summed E-state index contributed by atoms with van der Waals surface area (Å²) in [5.41, 5.74) is 3.35. The van der Waals surface area contributed by atoms with E-state index < -0.39 is 5.60 Å². The Kier molecular flexibility index (Phi) is 8.80. The molecule has 36 heavy (non-hydrogen) atoms. The number of nitrogens with zero attached hydrogens (tertiary/aromatic N) is 3. The Morgan fingerprint density at radius 2 is 1.94 bits per heavy atom. The van der Waals surface area contributed by atoms with Gasteiger partial charge in [-0.25, -0.2) is 0 Å². The lowest BCUT2D eigenvalue weighted by Crippen LogP contribution is -2.45. The van der Waals surface area contributed by atoms with Crippen molar-refractivity contribution in [2.24, 2.45) is 0 Å². The lowest BCUT2D eigenvalue weighted by molar-refractivity contribution is -0.149. The molecule has 192 valence electrons. The molecule has 1 saturated heterocycles. The smallest absolute Gasteiger partial charge is 0.258 e. The first kappa shape index (κ1) is 26.8. The second-order valence-corrected chi connectivity index (χ2v) is 10.8. The van der Waals surface area contributed by atoms with Crippen LogP contribution >= 0.6 is 22.9 Å². The molecule has 0 radical (unpaired) electrons. The number of fused-ring (bicyclic) bond motifs is 2. The topological polar surface area (TPSA) is 65.9 Å². The molecule has 1 fully saturated rings. The predicted molar refractivity (Wildman–Crippen MR) is 144 cm³/mol. The normalized spacial score (nSPS) is 18.1. The number of benzene rings is 2. The minimum atomic E-state index is -1.57. The van der Waals surface area contributed by atoms with E-state index in [-0.39, 0.29) is 11.5 Å². The molecular formula is C28H34ClN3O3S. The van der Waals surface area contributed by atoms with E-state index >= 15 is 0 Å². The van der Waals surface area contributed by atoms with Crippen LogP contribution in [0.2, 0.25) is 5.02 Å². The predicted octanol–water partition coefficient (Wildman–Crippen LogP) is 5.06. The summed E-state index contributed by atoms with van der Waals surface area (Å²) in [7, 11) is 1.75. The van der Waals surface area contributed by atoms with Crippen LogP contribution in [0.1, 0.15) is 42.9 Å². The van der Waals surface area contributed by atoms with Crippen molar-refractivity contribution in [2.75, 3.05) is 33.2 Å². The Morgan fingerprint density at radius 3 is 2.58 bits per heavy atom. The van der Waals surface area contributed by atoms with Crippen LogP contribution < -0.4 is 0 Å². The number of ether oxygens (including phenoxy) is 1. The zero-order valence-corrected chi connectivity index (χ0v) is 22.5. The lowest BCUT2D eigenvalue weighted by atomic mass is 9.84. The number of hydrogen-bond acceptors (Lipinski definition) is 6. The van der Waals surface area contributed by atoms with Gasteiger partial charge < -0.3 is 19.6 Å². The standard InChI is InChI=1S/C25H31ClN2O3.C3H3NS/c1-24(30,20-8-10-21(26)11-9-20)23(29)27(2)14-5-15-28-16-12-25(13-17-28)22-7-4-3-6-19(22)18-31-25;1-2-5-3-4-1/h3-4,6-11,30H,5,12-18H2,1-2H3;1-3H. The summed E-state index contributed by atoms with van der Waals surface area (Å²) in [6.45, 7) is 5.78. The summed E-state index contributed by atoms with van der Waals surface area (Å²) >= 11 is 7.52. The number of piperidine rings is 1. The highest BCUT2D eigenvalue weighted by molar-refractivity contribution is 7.07. The van der Waals surface area contributed by atoms with Gasteiger partial charge in [0.15, 0.2) is 5.60 Å². The summed E-state index contributed by atoms with van der Waals surface area (Å²) in [5.74, 6) is -0.302. The van der Waals surface area contributed by atoms with Gasteiger partial charge in [0.2, 0.25) is 0 Å². The summed E-state index contributed by atoms with van der Waals surface area (Å²) in [4.78, 5) is 20.6. The fourth-order valence-electron chi connectivity index (χ4n) is 5.01. The number of aromatic nitrogens is 1. The van der Waals surface area contributed by atoms with E-state index in [2.05, 4.69) is 34.1 Å². The van der Waals surface area contributed by atoms with Gasteiger partial charge >= 0.3 is 0 Å². The molecule has 3 heterocycles. The molecule has 0 saturated carbocycles. The molecule has 1 spiro atoms. The van der Waals surface area contributed by atoms with E-state index in [1.165, 1.54) is 11.1 Å². The fraction of sp³-hybridized carbons (Fsp3) is 0.429. The molecule has 3 aromatic rings. The molecule has 8 heteroatoms. The summed E-state index contributed by atoms with van der Waals surface area (Å²) < 4.78 is 6.25. The number of hydrogen-bond donors (Lipinski definition) is 1. The number of thiazole rings is 1. The zero-order chi connectivity index (χ0) is 25.6. The molecule has 1 amide bonds. The van der Waals surface area contributed by atoms with Gasteiger partial charge in [-0.15, -0.1) is 11.3 Å². The second-order valence-electron chi connectivity index (χ2n) is 9.62. The minimum Gasteiger partial charge on any atom is -0.376 e. The molecule has 2 aliphatic rings. The Morgan fingerprint density at radius 1 is 1.22 bits per heavy atom. The van der Waals surface area contributed by atoms with Crippen molar-refractivity contribution in [3.63, 3.8) is 0 Å². The van der Waals surface area contributed by atoms with Gasteiger partial charge in [-0.1, -0.05) is 48.0 Å². The highest BCUT2D eigenvalue weighted by Crippen LogP contribution is 2.43. The van der Waals surface area contributed by atoms with Crippen LogP contribution in [0.15, 0.2) is 65.6 Å². The lowest BCUT2D eigenvalue weighted by Gasteiger charge is -2.39. The third-order valence-corrected chi connectivity index (χ3v) is 7.93. The van der Waals surface area contributed by atoms with E-state index in [1.54, 1.807) is 66.2 Å². The Bertz CT molecular complexity index is 1100. The summed E-state index contributed by atoms with van der Waals surface area (Å²) in [5, 5.41) is 13.3. The summed E-state index contributed by atoms with van der Waals surface area (Å²) in [6.07, 6.45) is 4.64. The number of rotatable bonds is 6. The average molecular weight is 528 g/mol. The number of carbonyl (C=O) groups is 1. The van der Waals surface area contributed by atoms with E-state index in [0.717, 1.165) is 45.5 Å². The van der Waals surface area contributed by atoms with E-state index in [1.807, 2.05) is 5.38 Å². The quantitative estimate of drug-likeness (QED) is 0.485. The Hall–Kier alpha value is -2.29. The van der Waals surface area contributed by atoms with Gasteiger partial charge in [0.1, 0.15) is 0 Å². The SMILES string of the molecule is CN(CCCN1CCC2(CC1)OCc1ccccc12)C(=O)C(C)(O)c1ccc(Cl)cc1.c1cscn1. The van der Waals surface area contributed by atoms with Crippen LogP contribution in [0, 0.1) is 0 Å². The molecule has 2 aromatic carbocycles. The number of halogens is 1. The van der Waals surface area contributed by atoms with Crippen LogP contribution in [0.4, 0.5) is 0 Å². The molecule has 1 N–H and O–H groups in total. The van der Waals surface area contributed by atoms with Crippen molar-refractivity contribution in [3.8, 4) is 0 Å². The van der Waals surface area contributed by atoms with Crippen molar-refractivity contribution in [3.05, 3.63) is 87.3 Å². The number of likely N-dealkylation sites (tertiary alicyclic amines) is 1. The number of amides is 1. The third-order valence-electron chi connectivity index (χ3n) is 7.16. The van der Waals surface area contributed by atoms with Gasteiger partial charge in [-0.2, -0.15) is 0 Å². The van der Waals surface area contributed by atoms with E-state index in [4.69, 9.17) is 16.3 Å². The number of likely N-dealkylation sites (N-methyl/N-ethyl adjacent to an activating group) is 1. The first-order valence-electron chi connectivity index (χ1n) is 12.3. The van der Waals surface area contributed by atoms with Crippen LogP contribution in [0.3, 0.4) is 0 Å². The Labute approximate surface area is 222 Å². The molecule has 5 rings (SSSR count). The maximum absolute atomic E-state index is 12.8. The van der Waals surface area contributed by atoms with Crippen LogP contribution in [0.25, 0.3) is 0 Å². The van der Waals surface area contributed by atoms with Gasteiger partial charge in [0, 0.05) is 43.3 Å². The monoisotopic (exact) mass is 527 g/mol. The van der Waals surface area contributed by atoms with Crippen LogP contribution in [0.5, 0.6) is 0 Å². The van der Waals surface area contributed by atoms with Crippen molar-refractivity contribution >= 4 is 28.8 Å². The molecule has 0 aliphatic carbocycles. The first-order chi connectivity index (χ1) is 17.3. The first-order valence-corrected chi connectivity index (χ1v) is 13.6. The Balaban J connectivity index is 0.000000543. The van der Waals surface area contributed by atoms with Gasteiger partial charge in [0.05, 0.1) is 17.7 Å². The van der Waals surface area contributed by atoms with Crippen molar-refractivity contribution in [2.45, 2.75) is 44.0 Å². The number of carbonyl (C=O) groups excluding carboxylic acids is 1. The van der Waals surface area contributed by atoms with E-state index in [9.17, 15) is 9.90 Å². The van der Waals surface area contributed by atoms with Gasteiger partial charge in [-0.3, -0.25) is 9.78 Å².